The normalized spacial score (nSPS) is 11.8. The highest BCUT2D eigenvalue weighted by atomic mass is 19.4. The van der Waals surface area contributed by atoms with E-state index in [1.54, 1.807) is 24.3 Å². The monoisotopic (exact) mass is 255 g/mol. The van der Waals surface area contributed by atoms with Gasteiger partial charge in [0.15, 0.2) is 0 Å². The molecule has 18 heavy (non-hydrogen) atoms. The van der Waals surface area contributed by atoms with Gasteiger partial charge >= 0.3 is 6.36 Å². The van der Waals surface area contributed by atoms with Crippen molar-refractivity contribution in [2.24, 2.45) is 5.73 Å². The summed E-state index contributed by atoms with van der Waals surface area (Å²) in [6.45, 7) is 0.448. The lowest BCUT2D eigenvalue weighted by Crippen LogP contribution is -2.17. The van der Waals surface area contributed by atoms with Gasteiger partial charge < -0.3 is 10.5 Å². The quantitative estimate of drug-likeness (QED) is 0.913. The number of hydrogen-bond donors (Lipinski definition) is 1. The molecule has 2 nitrogen and oxygen atoms in total. The maximum atomic E-state index is 12.3. The predicted molar refractivity (Wildman–Crippen MR) is 63.4 cm³/mol. The van der Waals surface area contributed by atoms with Crippen LogP contribution in [-0.2, 0) is 6.42 Å². The first-order valence-electron chi connectivity index (χ1n) is 5.48. The Bertz CT molecular complexity index is 551. The fraction of sp³-hybridized carbons (Fsp3) is 0.231. The van der Waals surface area contributed by atoms with Crippen molar-refractivity contribution in [3.8, 4) is 5.75 Å². The van der Waals surface area contributed by atoms with Crippen LogP contribution in [0.5, 0.6) is 5.75 Å². The number of alkyl halides is 3. The van der Waals surface area contributed by atoms with E-state index in [-0.39, 0.29) is 5.75 Å². The first-order valence-corrected chi connectivity index (χ1v) is 5.48. The summed E-state index contributed by atoms with van der Waals surface area (Å²) in [6, 6.07) is 9.79. The van der Waals surface area contributed by atoms with Gasteiger partial charge in [-0.25, -0.2) is 0 Å². The van der Waals surface area contributed by atoms with Crippen LogP contribution in [0.15, 0.2) is 36.4 Å². The highest BCUT2D eigenvalue weighted by Crippen LogP contribution is 2.32. The van der Waals surface area contributed by atoms with Crippen molar-refractivity contribution >= 4 is 10.8 Å². The molecule has 0 aliphatic heterocycles. The molecular weight excluding hydrogens is 243 g/mol. The molecule has 0 spiro atoms. The summed E-state index contributed by atoms with van der Waals surface area (Å²) in [5.74, 6) is -0.182. The van der Waals surface area contributed by atoms with Crippen LogP contribution < -0.4 is 10.5 Å². The fourth-order valence-electron chi connectivity index (χ4n) is 1.93. The minimum absolute atomic E-state index is 0.182. The molecule has 0 heterocycles. The Kier molecular flexibility index (Phi) is 3.43. The van der Waals surface area contributed by atoms with Crippen molar-refractivity contribution in [3.05, 3.63) is 42.0 Å². The molecule has 0 aliphatic rings. The average molecular weight is 255 g/mol. The van der Waals surface area contributed by atoms with Crippen LogP contribution in [0.2, 0.25) is 0 Å². The molecule has 96 valence electrons. The number of benzene rings is 2. The molecule has 0 radical (unpaired) electrons. The molecule has 2 N–H and O–H groups in total. The molecule has 2 rings (SSSR count). The Morgan fingerprint density at radius 3 is 2.33 bits per heavy atom. The summed E-state index contributed by atoms with van der Waals surface area (Å²) in [7, 11) is 0. The van der Waals surface area contributed by atoms with Gasteiger partial charge in [0.05, 0.1) is 0 Å². The number of halogens is 3. The van der Waals surface area contributed by atoms with Gasteiger partial charge in [-0.15, -0.1) is 13.2 Å². The number of nitrogens with two attached hydrogens (primary N) is 1. The van der Waals surface area contributed by atoms with Crippen molar-refractivity contribution in [2.45, 2.75) is 12.8 Å². The number of rotatable bonds is 3. The van der Waals surface area contributed by atoms with Crippen molar-refractivity contribution in [3.63, 3.8) is 0 Å². The van der Waals surface area contributed by atoms with E-state index in [1.807, 2.05) is 6.07 Å². The van der Waals surface area contributed by atoms with E-state index in [0.717, 1.165) is 10.9 Å². The summed E-state index contributed by atoms with van der Waals surface area (Å²) in [5, 5.41) is 1.19. The molecule has 0 atom stereocenters. The van der Waals surface area contributed by atoms with Crippen molar-refractivity contribution in [2.75, 3.05) is 6.54 Å². The second-order valence-electron chi connectivity index (χ2n) is 3.85. The van der Waals surface area contributed by atoms with Gasteiger partial charge in [-0.1, -0.05) is 30.3 Å². The van der Waals surface area contributed by atoms with Crippen LogP contribution in [0.1, 0.15) is 5.56 Å². The zero-order chi connectivity index (χ0) is 13.2. The third kappa shape index (κ3) is 2.73. The van der Waals surface area contributed by atoms with E-state index in [0.29, 0.717) is 18.4 Å². The summed E-state index contributed by atoms with van der Waals surface area (Å²) >= 11 is 0. The molecule has 0 saturated carbocycles. The van der Waals surface area contributed by atoms with Crippen LogP contribution in [0.25, 0.3) is 10.8 Å². The molecule has 2 aromatic rings. The Morgan fingerprint density at radius 1 is 1.00 bits per heavy atom. The second kappa shape index (κ2) is 4.86. The average Bonchev–Trinajstić information content (AvgIpc) is 2.29. The second-order valence-corrected chi connectivity index (χ2v) is 3.85. The Labute approximate surface area is 102 Å². The van der Waals surface area contributed by atoms with Gasteiger partial charge in [0.25, 0.3) is 0 Å². The predicted octanol–water partition coefficient (Wildman–Crippen LogP) is 3.24. The molecule has 5 heteroatoms. The van der Waals surface area contributed by atoms with Crippen LogP contribution in [0, 0.1) is 0 Å². The first-order chi connectivity index (χ1) is 8.51. The van der Waals surface area contributed by atoms with E-state index in [9.17, 15) is 13.2 Å². The van der Waals surface area contributed by atoms with Crippen LogP contribution in [0.4, 0.5) is 13.2 Å². The topological polar surface area (TPSA) is 35.2 Å². The summed E-state index contributed by atoms with van der Waals surface area (Å²) in [5.41, 5.74) is 6.40. The third-order valence-corrected chi connectivity index (χ3v) is 2.61. The highest BCUT2D eigenvalue weighted by molar-refractivity contribution is 5.91. The molecule has 0 amide bonds. The molecular formula is C13H12F3NO. The van der Waals surface area contributed by atoms with Crippen molar-refractivity contribution < 1.29 is 17.9 Å². The minimum Gasteiger partial charge on any atom is -0.405 e. The SMILES string of the molecule is NCCc1cccc2c(OC(F)(F)F)cccc12. The lowest BCUT2D eigenvalue weighted by Gasteiger charge is -2.13. The van der Waals surface area contributed by atoms with Crippen LogP contribution in [0.3, 0.4) is 0 Å². The number of ether oxygens (including phenoxy) is 1. The number of hydrogen-bond acceptors (Lipinski definition) is 2. The van der Waals surface area contributed by atoms with Gasteiger partial charge in [-0.2, -0.15) is 0 Å². The molecule has 0 fully saturated rings. The van der Waals surface area contributed by atoms with Crippen LogP contribution >= 0.6 is 0 Å². The van der Waals surface area contributed by atoms with Gasteiger partial charge in [-0.05, 0) is 30.0 Å². The largest absolute Gasteiger partial charge is 0.573 e. The molecule has 0 saturated heterocycles. The summed E-state index contributed by atoms with van der Waals surface area (Å²) < 4.78 is 40.8. The molecule has 0 aliphatic carbocycles. The Morgan fingerprint density at radius 2 is 1.67 bits per heavy atom. The molecule has 0 aromatic heterocycles. The minimum atomic E-state index is -4.68. The summed E-state index contributed by atoms with van der Waals surface area (Å²) in [6.07, 6.45) is -4.06. The Hall–Kier alpha value is -1.75. The lowest BCUT2D eigenvalue weighted by molar-refractivity contribution is -0.274. The van der Waals surface area contributed by atoms with Gasteiger partial charge in [0, 0.05) is 5.39 Å². The van der Waals surface area contributed by atoms with E-state index in [1.165, 1.54) is 6.07 Å². The standard InChI is InChI=1S/C13H12F3NO/c14-13(15,16)18-12-6-2-4-10-9(7-8-17)3-1-5-11(10)12/h1-6H,7-8,17H2. The number of fused-ring (bicyclic) bond motifs is 1. The molecule has 0 unspecified atom stereocenters. The first kappa shape index (κ1) is 12.7. The van der Waals surface area contributed by atoms with E-state index in [2.05, 4.69) is 4.74 Å². The maximum absolute atomic E-state index is 12.3. The Balaban J connectivity index is 2.53. The highest BCUT2D eigenvalue weighted by Gasteiger charge is 2.31. The van der Waals surface area contributed by atoms with E-state index < -0.39 is 6.36 Å². The lowest BCUT2D eigenvalue weighted by atomic mass is 10.0. The van der Waals surface area contributed by atoms with Gasteiger partial charge in [0.2, 0.25) is 0 Å². The smallest absolute Gasteiger partial charge is 0.405 e. The third-order valence-electron chi connectivity index (χ3n) is 2.61. The zero-order valence-corrected chi connectivity index (χ0v) is 9.50. The molecule has 0 bridgehead atoms. The van der Waals surface area contributed by atoms with Crippen LogP contribution in [-0.4, -0.2) is 12.9 Å². The van der Waals surface area contributed by atoms with Crippen molar-refractivity contribution in [1.29, 1.82) is 0 Å². The maximum Gasteiger partial charge on any atom is 0.573 e. The molecule has 2 aromatic carbocycles. The fourth-order valence-corrected chi connectivity index (χ4v) is 1.93. The van der Waals surface area contributed by atoms with E-state index >= 15 is 0 Å². The van der Waals surface area contributed by atoms with Crippen molar-refractivity contribution in [1.82, 2.24) is 0 Å². The van der Waals surface area contributed by atoms with Gasteiger partial charge in [0.1, 0.15) is 5.75 Å². The zero-order valence-electron chi connectivity index (χ0n) is 9.50. The van der Waals surface area contributed by atoms with Gasteiger partial charge in [-0.3, -0.25) is 0 Å². The summed E-state index contributed by atoms with van der Waals surface area (Å²) in [4.78, 5) is 0. The van der Waals surface area contributed by atoms with E-state index in [4.69, 9.17) is 5.73 Å².